The van der Waals surface area contributed by atoms with Crippen molar-refractivity contribution < 1.29 is 19.1 Å². The first kappa shape index (κ1) is 7.53. The van der Waals surface area contributed by atoms with Crippen molar-refractivity contribution in [1.29, 1.82) is 0 Å². The fourth-order valence-electron chi connectivity index (χ4n) is 0.673. The summed E-state index contributed by atoms with van der Waals surface area (Å²) in [5.41, 5.74) is 0.176. The summed E-state index contributed by atoms with van der Waals surface area (Å²) in [6, 6.07) is 0. The Balaban J connectivity index is 2.96. The molecule has 1 aliphatic rings. The third kappa shape index (κ3) is 1.14. The molecule has 4 heteroatoms. The van der Waals surface area contributed by atoms with E-state index in [-0.39, 0.29) is 11.3 Å². The lowest BCUT2D eigenvalue weighted by molar-refractivity contribution is -0.152. The average molecular weight is 154 g/mol. The predicted molar refractivity (Wildman–Crippen MR) is 35.1 cm³/mol. The van der Waals surface area contributed by atoms with E-state index in [0.717, 1.165) is 6.26 Å². The molecule has 1 rings (SSSR count). The lowest BCUT2D eigenvalue weighted by Gasteiger charge is -1.94. The van der Waals surface area contributed by atoms with Crippen LogP contribution in [0.5, 0.6) is 0 Å². The van der Waals surface area contributed by atoms with Gasteiger partial charge in [0.1, 0.15) is 0 Å². The van der Waals surface area contributed by atoms with Crippen molar-refractivity contribution in [3.8, 4) is 0 Å². The van der Waals surface area contributed by atoms with Gasteiger partial charge in [-0.25, -0.2) is 9.59 Å². The van der Waals surface area contributed by atoms with Gasteiger partial charge >= 0.3 is 11.9 Å². The van der Waals surface area contributed by atoms with Crippen LogP contribution in [0.4, 0.5) is 0 Å². The minimum absolute atomic E-state index is 0.0787. The summed E-state index contributed by atoms with van der Waals surface area (Å²) in [5, 5.41) is 0. The van der Waals surface area contributed by atoms with Gasteiger partial charge in [0.2, 0.25) is 5.76 Å². The molecule has 58 valence electrons. The second-order valence-corrected chi connectivity index (χ2v) is 1.92. The van der Waals surface area contributed by atoms with Gasteiger partial charge in [0, 0.05) is 0 Å². The van der Waals surface area contributed by atoms with Crippen LogP contribution in [0.1, 0.15) is 6.92 Å². The van der Waals surface area contributed by atoms with Crippen molar-refractivity contribution in [3.63, 3.8) is 0 Å². The zero-order valence-electron chi connectivity index (χ0n) is 5.92. The van der Waals surface area contributed by atoms with Crippen LogP contribution in [0.3, 0.4) is 0 Å². The van der Waals surface area contributed by atoms with Crippen LogP contribution in [-0.2, 0) is 19.1 Å². The molecule has 0 spiro atoms. The Kier molecular flexibility index (Phi) is 1.76. The lowest BCUT2D eigenvalue weighted by atomic mass is 10.3. The molecule has 0 amide bonds. The Morgan fingerprint density at radius 3 is 2.45 bits per heavy atom. The predicted octanol–water partition coefficient (Wildman–Crippen LogP) is 0.504. The van der Waals surface area contributed by atoms with Crippen LogP contribution in [0.15, 0.2) is 24.2 Å². The molecule has 0 fully saturated rings. The van der Waals surface area contributed by atoms with E-state index >= 15 is 0 Å². The third-order valence-corrected chi connectivity index (χ3v) is 1.22. The lowest BCUT2D eigenvalue weighted by Crippen LogP contribution is -2.02. The zero-order valence-corrected chi connectivity index (χ0v) is 5.92. The van der Waals surface area contributed by atoms with Crippen molar-refractivity contribution in [2.24, 2.45) is 0 Å². The minimum atomic E-state index is -0.757. The summed E-state index contributed by atoms with van der Waals surface area (Å²) >= 11 is 0. The zero-order chi connectivity index (χ0) is 8.43. The number of esters is 2. The third-order valence-electron chi connectivity index (χ3n) is 1.22. The Morgan fingerprint density at radius 1 is 1.45 bits per heavy atom. The topological polar surface area (TPSA) is 52.6 Å². The molecule has 0 unspecified atom stereocenters. The van der Waals surface area contributed by atoms with E-state index in [4.69, 9.17) is 0 Å². The number of carbonyl (C=O) groups is 2. The highest BCUT2D eigenvalue weighted by molar-refractivity contribution is 6.10. The van der Waals surface area contributed by atoms with Crippen LogP contribution in [-0.4, -0.2) is 11.9 Å². The Morgan fingerprint density at radius 2 is 2.09 bits per heavy atom. The number of rotatable bonds is 2. The second kappa shape index (κ2) is 2.57. The standard InChI is InChI=1S/C7H6O4/c1-3-10-5-4(2)6(8)11-7(5)9/h3H,1H2,2H3. The van der Waals surface area contributed by atoms with Crippen molar-refractivity contribution >= 4 is 11.9 Å². The van der Waals surface area contributed by atoms with E-state index < -0.39 is 11.9 Å². The van der Waals surface area contributed by atoms with Gasteiger partial charge in [-0.2, -0.15) is 0 Å². The summed E-state index contributed by atoms with van der Waals surface area (Å²) in [6.07, 6.45) is 1.07. The molecule has 1 aliphatic heterocycles. The Hall–Kier alpha value is -1.58. The van der Waals surface area contributed by atoms with Gasteiger partial charge in [0.05, 0.1) is 11.8 Å². The van der Waals surface area contributed by atoms with E-state index in [1.807, 2.05) is 0 Å². The fourth-order valence-corrected chi connectivity index (χ4v) is 0.673. The maximum Gasteiger partial charge on any atom is 0.382 e. The van der Waals surface area contributed by atoms with Gasteiger partial charge in [0.25, 0.3) is 0 Å². The largest absolute Gasteiger partial charge is 0.457 e. The van der Waals surface area contributed by atoms with E-state index in [2.05, 4.69) is 16.1 Å². The van der Waals surface area contributed by atoms with E-state index in [1.165, 1.54) is 6.92 Å². The monoisotopic (exact) mass is 154 g/mol. The number of cyclic esters (lactones) is 2. The quantitative estimate of drug-likeness (QED) is 0.330. The molecule has 0 bridgehead atoms. The van der Waals surface area contributed by atoms with Crippen LogP contribution in [0.2, 0.25) is 0 Å². The van der Waals surface area contributed by atoms with Crippen LogP contribution >= 0.6 is 0 Å². The number of ether oxygens (including phenoxy) is 2. The van der Waals surface area contributed by atoms with Gasteiger partial charge < -0.3 is 9.47 Å². The van der Waals surface area contributed by atoms with Crippen molar-refractivity contribution in [1.82, 2.24) is 0 Å². The van der Waals surface area contributed by atoms with Crippen LogP contribution < -0.4 is 0 Å². The minimum Gasteiger partial charge on any atom is -0.457 e. The molecule has 4 nitrogen and oxygen atoms in total. The molecule has 0 aromatic rings. The molecule has 0 saturated heterocycles. The highest BCUT2D eigenvalue weighted by atomic mass is 16.6. The molecule has 0 saturated carbocycles. The number of hydrogen-bond donors (Lipinski definition) is 0. The molecular weight excluding hydrogens is 148 g/mol. The molecular formula is C7H6O4. The molecule has 0 aliphatic carbocycles. The summed E-state index contributed by atoms with van der Waals surface area (Å²) < 4.78 is 8.86. The van der Waals surface area contributed by atoms with Gasteiger partial charge in [0.15, 0.2) is 0 Å². The van der Waals surface area contributed by atoms with E-state index in [9.17, 15) is 9.59 Å². The van der Waals surface area contributed by atoms with Gasteiger partial charge in [-0.1, -0.05) is 6.58 Å². The summed E-state index contributed by atoms with van der Waals surface area (Å²) in [4.78, 5) is 21.4. The van der Waals surface area contributed by atoms with E-state index in [0.29, 0.717) is 0 Å². The van der Waals surface area contributed by atoms with Gasteiger partial charge in [-0.05, 0) is 6.92 Å². The maximum atomic E-state index is 10.7. The average Bonchev–Trinajstić information content (AvgIpc) is 2.17. The first-order valence-electron chi connectivity index (χ1n) is 2.91. The SMILES string of the molecule is C=COC1=C(C)C(=O)OC1=O. The molecule has 11 heavy (non-hydrogen) atoms. The van der Waals surface area contributed by atoms with Gasteiger partial charge in [-0.15, -0.1) is 0 Å². The molecule has 0 atom stereocenters. The van der Waals surface area contributed by atoms with Crippen LogP contribution in [0, 0.1) is 0 Å². The maximum absolute atomic E-state index is 10.7. The molecule has 0 radical (unpaired) electrons. The Labute approximate surface area is 63.1 Å². The molecule has 0 N–H and O–H groups in total. The number of hydrogen-bond acceptors (Lipinski definition) is 4. The first-order chi connectivity index (χ1) is 5.16. The summed E-state index contributed by atoms with van der Waals surface area (Å²) in [7, 11) is 0. The summed E-state index contributed by atoms with van der Waals surface area (Å²) in [5.74, 6) is -1.50. The molecule has 1 heterocycles. The Bertz CT molecular complexity index is 262. The van der Waals surface area contributed by atoms with Gasteiger partial charge in [-0.3, -0.25) is 0 Å². The smallest absolute Gasteiger partial charge is 0.382 e. The molecule has 0 aromatic heterocycles. The van der Waals surface area contributed by atoms with Crippen molar-refractivity contribution in [2.45, 2.75) is 6.92 Å². The van der Waals surface area contributed by atoms with Crippen molar-refractivity contribution in [3.05, 3.63) is 24.2 Å². The fraction of sp³-hybridized carbons (Fsp3) is 0.143. The highest BCUT2D eigenvalue weighted by Gasteiger charge is 2.31. The second-order valence-electron chi connectivity index (χ2n) is 1.92. The van der Waals surface area contributed by atoms with Crippen molar-refractivity contribution in [2.75, 3.05) is 0 Å². The molecule has 0 aromatic carbocycles. The van der Waals surface area contributed by atoms with Crippen LogP contribution in [0.25, 0.3) is 0 Å². The number of carbonyl (C=O) groups excluding carboxylic acids is 2. The first-order valence-corrected chi connectivity index (χ1v) is 2.91. The summed E-state index contributed by atoms with van der Waals surface area (Å²) in [6.45, 7) is 4.69. The van der Waals surface area contributed by atoms with E-state index in [1.54, 1.807) is 0 Å². The highest BCUT2D eigenvalue weighted by Crippen LogP contribution is 2.17. The normalized spacial score (nSPS) is 16.8.